The number of rotatable bonds is 5. The molecular formula is C19H15NO4. The lowest BCUT2D eigenvalue weighted by Crippen LogP contribution is -2.08. The third-order valence-corrected chi connectivity index (χ3v) is 3.25. The Hall–Kier alpha value is -3.34. The van der Waals surface area contributed by atoms with E-state index < -0.39 is 5.97 Å². The molecule has 0 bridgehead atoms. The summed E-state index contributed by atoms with van der Waals surface area (Å²) in [4.78, 5) is 16.2. The molecule has 5 heteroatoms. The molecule has 0 atom stereocenters. The van der Waals surface area contributed by atoms with Gasteiger partial charge >= 0.3 is 5.97 Å². The van der Waals surface area contributed by atoms with Gasteiger partial charge in [0.2, 0.25) is 5.76 Å². The van der Waals surface area contributed by atoms with E-state index in [0.717, 1.165) is 11.3 Å². The molecule has 0 N–H and O–H groups in total. The van der Waals surface area contributed by atoms with Crippen LogP contribution in [0.3, 0.4) is 0 Å². The van der Waals surface area contributed by atoms with Crippen LogP contribution >= 0.6 is 0 Å². The van der Waals surface area contributed by atoms with Gasteiger partial charge in [-0.25, -0.2) is 4.79 Å². The smallest absolute Gasteiger partial charge is 0.379 e. The molecule has 0 aliphatic rings. The van der Waals surface area contributed by atoms with E-state index in [4.69, 9.17) is 13.9 Å². The number of carbonyl (C=O) groups is 1. The molecule has 2 heterocycles. The lowest BCUT2D eigenvalue weighted by molar-refractivity contribution is 0.0696. The van der Waals surface area contributed by atoms with E-state index >= 15 is 0 Å². The number of hydrogen-bond acceptors (Lipinski definition) is 5. The number of aromatic nitrogens is 1. The van der Waals surface area contributed by atoms with Crippen LogP contribution in [-0.2, 0) is 0 Å². The highest BCUT2D eigenvalue weighted by Gasteiger charge is 2.14. The van der Waals surface area contributed by atoms with E-state index in [1.807, 2.05) is 36.4 Å². The monoisotopic (exact) mass is 321 g/mol. The third-order valence-electron chi connectivity index (χ3n) is 3.25. The number of esters is 1. The molecule has 0 spiro atoms. The molecule has 0 radical (unpaired) electrons. The minimum Gasteiger partial charge on any atom is -0.493 e. The van der Waals surface area contributed by atoms with Gasteiger partial charge in [0.15, 0.2) is 11.5 Å². The number of nitrogens with zero attached hydrogens (tertiary/aromatic N) is 1. The Labute approximate surface area is 139 Å². The van der Waals surface area contributed by atoms with Crippen molar-refractivity contribution in [3.8, 4) is 11.5 Å². The fraction of sp³-hybridized carbons (Fsp3) is 0.0526. The highest BCUT2D eigenvalue weighted by molar-refractivity contribution is 5.88. The maximum Gasteiger partial charge on any atom is 0.379 e. The summed E-state index contributed by atoms with van der Waals surface area (Å²) in [7, 11) is 1.52. The van der Waals surface area contributed by atoms with Crippen molar-refractivity contribution in [2.24, 2.45) is 0 Å². The van der Waals surface area contributed by atoms with Crippen molar-refractivity contribution in [3.05, 3.63) is 78.0 Å². The second kappa shape index (κ2) is 7.28. The van der Waals surface area contributed by atoms with Crippen LogP contribution in [0, 0.1) is 0 Å². The first-order chi connectivity index (χ1) is 11.8. The first kappa shape index (κ1) is 15.6. The molecule has 0 aliphatic carbocycles. The number of ether oxygens (including phenoxy) is 2. The van der Waals surface area contributed by atoms with E-state index in [0.29, 0.717) is 11.5 Å². The summed E-state index contributed by atoms with van der Waals surface area (Å²) in [6.07, 6.45) is 6.95. The van der Waals surface area contributed by atoms with Gasteiger partial charge in [0.1, 0.15) is 0 Å². The van der Waals surface area contributed by atoms with Crippen molar-refractivity contribution in [1.29, 1.82) is 0 Å². The number of methoxy groups -OCH3 is 1. The van der Waals surface area contributed by atoms with Gasteiger partial charge in [0.05, 0.1) is 19.1 Å². The van der Waals surface area contributed by atoms with Crippen LogP contribution in [-0.4, -0.2) is 18.1 Å². The average molecular weight is 321 g/mol. The third kappa shape index (κ3) is 3.70. The van der Waals surface area contributed by atoms with Gasteiger partial charge in [-0.1, -0.05) is 18.2 Å². The molecule has 1 aromatic carbocycles. The van der Waals surface area contributed by atoms with Gasteiger partial charge in [0, 0.05) is 6.20 Å². The molecule has 0 fully saturated rings. The molecule has 0 aliphatic heterocycles. The van der Waals surface area contributed by atoms with Gasteiger partial charge < -0.3 is 13.9 Å². The summed E-state index contributed by atoms with van der Waals surface area (Å²) in [5, 5.41) is 0. The summed E-state index contributed by atoms with van der Waals surface area (Å²) in [6.45, 7) is 0. The number of furan rings is 1. The van der Waals surface area contributed by atoms with Gasteiger partial charge in [0.25, 0.3) is 0 Å². The molecule has 24 heavy (non-hydrogen) atoms. The van der Waals surface area contributed by atoms with Gasteiger partial charge in [-0.2, -0.15) is 0 Å². The van der Waals surface area contributed by atoms with E-state index in [1.165, 1.54) is 13.4 Å². The van der Waals surface area contributed by atoms with E-state index in [-0.39, 0.29) is 5.76 Å². The van der Waals surface area contributed by atoms with Crippen LogP contribution in [0.25, 0.3) is 12.2 Å². The van der Waals surface area contributed by atoms with Gasteiger partial charge in [-0.05, 0) is 48.0 Å². The van der Waals surface area contributed by atoms with Crippen LogP contribution in [0.1, 0.15) is 21.8 Å². The van der Waals surface area contributed by atoms with Crippen molar-refractivity contribution < 1.29 is 18.7 Å². The highest BCUT2D eigenvalue weighted by atomic mass is 16.6. The molecule has 3 rings (SSSR count). The average Bonchev–Trinajstić information content (AvgIpc) is 3.16. The van der Waals surface area contributed by atoms with Crippen molar-refractivity contribution in [2.75, 3.05) is 7.11 Å². The summed E-state index contributed by atoms with van der Waals surface area (Å²) < 4.78 is 15.6. The molecule has 120 valence electrons. The first-order valence-electron chi connectivity index (χ1n) is 7.29. The predicted molar refractivity (Wildman–Crippen MR) is 89.8 cm³/mol. The zero-order valence-corrected chi connectivity index (χ0v) is 13.0. The topological polar surface area (TPSA) is 61.6 Å². The zero-order chi connectivity index (χ0) is 16.8. The van der Waals surface area contributed by atoms with Gasteiger partial charge in [-0.3, -0.25) is 4.98 Å². The zero-order valence-electron chi connectivity index (χ0n) is 13.0. The lowest BCUT2D eigenvalue weighted by Gasteiger charge is -2.09. The Morgan fingerprint density at radius 2 is 2.00 bits per heavy atom. The predicted octanol–water partition coefficient (Wildman–Crippen LogP) is 4.07. The number of pyridine rings is 1. The molecule has 0 amide bonds. The molecule has 0 saturated heterocycles. The van der Waals surface area contributed by atoms with Crippen LogP contribution < -0.4 is 9.47 Å². The maximum absolute atomic E-state index is 11.9. The fourth-order valence-electron chi connectivity index (χ4n) is 2.07. The normalized spacial score (nSPS) is 10.7. The van der Waals surface area contributed by atoms with Crippen molar-refractivity contribution in [3.63, 3.8) is 0 Å². The van der Waals surface area contributed by atoms with Gasteiger partial charge in [-0.15, -0.1) is 0 Å². The molecule has 3 aromatic rings. The van der Waals surface area contributed by atoms with Crippen LogP contribution in [0.5, 0.6) is 11.5 Å². The Morgan fingerprint density at radius 3 is 2.71 bits per heavy atom. The summed E-state index contributed by atoms with van der Waals surface area (Å²) in [5.74, 6) is 0.346. The van der Waals surface area contributed by atoms with E-state index in [2.05, 4.69) is 4.98 Å². The molecule has 5 nitrogen and oxygen atoms in total. The molecule has 0 saturated carbocycles. The standard InChI is InChI=1S/C19H15NO4/c1-22-18-13-14(7-9-15-5-2-3-11-20-15)8-10-16(18)24-19(21)17-6-4-12-23-17/h2-13H,1H3/b9-7+. The van der Waals surface area contributed by atoms with E-state index in [9.17, 15) is 4.79 Å². The number of hydrogen-bond donors (Lipinski definition) is 0. The second-order valence-electron chi connectivity index (χ2n) is 4.87. The Bertz CT molecular complexity index is 839. The van der Waals surface area contributed by atoms with Crippen LogP contribution in [0.15, 0.2) is 65.4 Å². The van der Waals surface area contributed by atoms with Crippen molar-refractivity contribution in [2.45, 2.75) is 0 Å². The minimum atomic E-state index is -0.574. The largest absolute Gasteiger partial charge is 0.493 e. The highest BCUT2D eigenvalue weighted by Crippen LogP contribution is 2.29. The van der Waals surface area contributed by atoms with Crippen molar-refractivity contribution >= 4 is 18.1 Å². The van der Waals surface area contributed by atoms with Crippen LogP contribution in [0.2, 0.25) is 0 Å². The first-order valence-corrected chi connectivity index (χ1v) is 7.29. The number of carbonyl (C=O) groups excluding carboxylic acids is 1. The Morgan fingerprint density at radius 1 is 1.08 bits per heavy atom. The Kier molecular flexibility index (Phi) is 4.72. The minimum absolute atomic E-state index is 0.135. The van der Waals surface area contributed by atoms with E-state index in [1.54, 1.807) is 30.5 Å². The Balaban J connectivity index is 1.78. The summed E-state index contributed by atoms with van der Waals surface area (Å²) in [5.41, 5.74) is 1.75. The lowest BCUT2D eigenvalue weighted by atomic mass is 10.1. The molecular weight excluding hydrogens is 306 g/mol. The number of benzene rings is 1. The summed E-state index contributed by atoms with van der Waals surface area (Å²) >= 11 is 0. The SMILES string of the molecule is COc1cc(/C=C/c2ccccn2)ccc1OC(=O)c1ccco1. The van der Waals surface area contributed by atoms with Crippen molar-refractivity contribution in [1.82, 2.24) is 4.98 Å². The fourth-order valence-corrected chi connectivity index (χ4v) is 2.07. The second-order valence-corrected chi connectivity index (χ2v) is 4.87. The molecule has 2 aromatic heterocycles. The molecule has 0 unspecified atom stereocenters. The summed E-state index contributed by atoms with van der Waals surface area (Å²) in [6, 6.07) is 14.1. The maximum atomic E-state index is 11.9. The quantitative estimate of drug-likeness (QED) is 0.523. The van der Waals surface area contributed by atoms with Crippen LogP contribution in [0.4, 0.5) is 0 Å².